The van der Waals surface area contributed by atoms with Crippen molar-refractivity contribution in [1.29, 1.82) is 0 Å². The third-order valence-corrected chi connectivity index (χ3v) is 4.41. The fourth-order valence-corrected chi connectivity index (χ4v) is 2.82. The van der Waals surface area contributed by atoms with Crippen LogP contribution in [0.2, 0.25) is 0 Å². The van der Waals surface area contributed by atoms with Crippen LogP contribution in [-0.4, -0.2) is 35.9 Å². The number of benzene rings is 2. The average Bonchev–Trinajstić information content (AvgIpc) is 2.66. The van der Waals surface area contributed by atoms with E-state index >= 15 is 0 Å². The molecule has 0 aromatic heterocycles. The molecule has 1 N–H and O–H groups in total. The molecule has 0 radical (unpaired) electrons. The van der Waals surface area contributed by atoms with Crippen LogP contribution in [0.3, 0.4) is 0 Å². The van der Waals surface area contributed by atoms with Crippen LogP contribution in [0.25, 0.3) is 0 Å². The van der Waals surface area contributed by atoms with E-state index in [1.54, 1.807) is 56.5 Å². The zero-order valence-electron chi connectivity index (χ0n) is 16.7. The number of nitrogens with one attached hydrogen (secondary N) is 1. The maximum Gasteiger partial charge on any atom is 0.242 e. The Kier molecular flexibility index (Phi) is 7.55. The molecule has 2 rings (SSSR count). The normalized spacial score (nSPS) is 11.8. The molecule has 2 amide bonds. The molecule has 5 nitrogen and oxygen atoms in total. The standard InChI is InChI=1S/C22H27FN2O3/c1-15(2)24-22(27)16(3)25(14-18-7-5-6-8-20(18)23)21(26)13-17-9-11-19(28-4)12-10-17/h5-12,15-16H,13-14H2,1-4H3,(H,24,27). The Morgan fingerprint density at radius 1 is 1.07 bits per heavy atom. The second-order valence-corrected chi connectivity index (χ2v) is 6.98. The van der Waals surface area contributed by atoms with Gasteiger partial charge in [0.2, 0.25) is 11.8 Å². The van der Waals surface area contributed by atoms with E-state index in [-0.39, 0.29) is 30.8 Å². The Morgan fingerprint density at radius 3 is 2.29 bits per heavy atom. The monoisotopic (exact) mass is 386 g/mol. The molecule has 0 aliphatic rings. The minimum atomic E-state index is -0.729. The van der Waals surface area contributed by atoms with E-state index in [1.165, 1.54) is 11.0 Å². The van der Waals surface area contributed by atoms with E-state index in [2.05, 4.69) is 5.32 Å². The highest BCUT2D eigenvalue weighted by Gasteiger charge is 2.27. The Morgan fingerprint density at radius 2 is 1.71 bits per heavy atom. The maximum absolute atomic E-state index is 14.1. The Labute approximate surface area is 165 Å². The first kappa shape index (κ1) is 21.4. The Hall–Kier alpha value is -2.89. The molecule has 0 saturated carbocycles. The number of carbonyl (C=O) groups excluding carboxylic acids is 2. The molecule has 2 aromatic rings. The smallest absolute Gasteiger partial charge is 0.242 e. The fraction of sp³-hybridized carbons (Fsp3) is 0.364. The minimum absolute atomic E-state index is 0.0222. The third-order valence-electron chi connectivity index (χ3n) is 4.41. The largest absolute Gasteiger partial charge is 0.497 e. The topological polar surface area (TPSA) is 58.6 Å². The molecule has 150 valence electrons. The number of hydrogen-bond acceptors (Lipinski definition) is 3. The summed E-state index contributed by atoms with van der Waals surface area (Å²) in [5.74, 6) is -0.223. The molecular weight excluding hydrogens is 359 g/mol. The predicted octanol–water partition coefficient (Wildman–Crippen LogP) is 3.32. The van der Waals surface area contributed by atoms with Gasteiger partial charge in [-0.15, -0.1) is 0 Å². The fourth-order valence-electron chi connectivity index (χ4n) is 2.82. The van der Waals surface area contributed by atoms with Crippen molar-refractivity contribution in [3.8, 4) is 5.75 Å². The van der Waals surface area contributed by atoms with Crippen molar-refractivity contribution >= 4 is 11.8 Å². The molecule has 0 fully saturated rings. The van der Waals surface area contributed by atoms with E-state index in [0.29, 0.717) is 11.3 Å². The number of hydrogen-bond donors (Lipinski definition) is 1. The summed E-state index contributed by atoms with van der Waals surface area (Å²) >= 11 is 0. The minimum Gasteiger partial charge on any atom is -0.497 e. The number of methoxy groups -OCH3 is 1. The van der Waals surface area contributed by atoms with Gasteiger partial charge in [-0.3, -0.25) is 9.59 Å². The molecule has 0 saturated heterocycles. The van der Waals surface area contributed by atoms with Crippen LogP contribution in [0.15, 0.2) is 48.5 Å². The van der Waals surface area contributed by atoms with E-state index in [0.717, 1.165) is 5.56 Å². The lowest BCUT2D eigenvalue weighted by Crippen LogP contribution is -2.49. The van der Waals surface area contributed by atoms with Crippen molar-refractivity contribution in [3.05, 3.63) is 65.5 Å². The van der Waals surface area contributed by atoms with Crippen LogP contribution in [0.5, 0.6) is 5.75 Å². The second kappa shape index (κ2) is 9.88. The molecule has 1 atom stereocenters. The zero-order valence-corrected chi connectivity index (χ0v) is 16.7. The Bertz CT molecular complexity index is 806. The van der Waals surface area contributed by atoms with Gasteiger partial charge < -0.3 is 15.0 Å². The summed E-state index contributed by atoms with van der Waals surface area (Å²) in [5, 5.41) is 2.81. The van der Waals surface area contributed by atoms with Gasteiger partial charge in [0.25, 0.3) is 0 Å². The number of halogens is 1. The van der Waals surface area contributed by atoms with Gasteiger partial charge in [0.05, 0.1) is 13.5 Å². The van der Waals surface area contributed by atoms with Gasteiger partial charge in [-0.05, 0) is 44.5 Å². The predicted molar refractivity (Wildman–Crippen MR) is 106 cm³/mol. The molecule has 0 spiro atoms. The van der Waals surface area contributed by atoms with Crippen LogP contribution in [0.1, 0.15) is 31.9 Å². The molecule has 0 aliphatic carbocycles. The van der Waals surface area contributed by atoms with Crippen molar-refractivity contribution in [2.75, 3.05) is 7.11 Å². The number of ether oxygens (including phenoxy) is 1. The number of amides is 2. The van der Waals surface area contributed by atoms with Gasteiger partial charge in [0, 0.05) is 18.2 Å². The number of carbonyl (C=O) groups is 2. The first-order chi connectivity index (χ1) is 13.3. The lowest BCUT2D eigenvalue weighted by atomic mass is 10.1. The molecular formula is C22H27FN2O3. The van der Waals surface area contributed by atoms with E-state index < -0.39 is 11.9 Å². The van der Waals surface area contributed by atoms with Gasteiger partial charge >= 0.3 is 0 Å². The summed E-state index contributed by atoms with van der Waals surface area (Å²) < 4.78 is 19.3. The Balaban J connectivity index is 2.23. The van der Waals surface area contributed by atoms with Gasteiger partial charge in [-0.1, -0.05) is 30.3 Å². The highest BCUT2D eigenvalue weighted by molar-refractivity contribution is 5.88. The molecule has 28 heavy (non-hydrogen) atoms. The molecule has 2 aromatic carbocycles. The summed E-state index contributed by atoms with van der Waals surface area (Å²) in [5.41, 5.74) is 1.16. The number of rotatable bonds is 8. The number of nitrogens with zero attached hydrogens (tertiary/aromatic N) is 1. The SMILES string of the molecule is COc1ccc(CC(=O)N(Cc2ccccc2F)C(C)C(=O)NC(C)C)cc1. The van der Waals surface area contributed by atoms with Crippen LogP contribution in [0.4, 0.5) is 4.39 Å². The van der Waals surface area contributed by atoms with E-state index in [9.17, 15) is 14.0 Å². The molecule has 1 unspecified atom stereocenters. The average molecular weight is 386 g/mol. The lowest BCUT2D eigenvalue weighted by Gasteiger charge is -2.29. The van der Waals surface area contributed by atoms with Crippen molar-refractivity contribution in [2.24, 2.45) is 0 Å². The van der Waals surface area contributed by atoms with Crippen LogP contribution in [0, 0.1) is 5.82 Å². The van der Waals surface area contributed by atoms with Gasteiger partial charge in [-0.2, -0.15) is 0 Å². The van der Waals surface area contributed by atoms with E-state index in [1.807, 2.05) is 13.8 Å². The molecule has 6 heteroatoms. The van der Waals surface area contributed by atoms with Crippen LogP contribution in [-0.2, 0) is 22.6 Å². The summed E-state index contributed by atoms with van der Waals surface area (Å²) in [6.45, 7) is 5.38. The summed E-state index contributed by atoms with van der Waals surface area (Å²) in [7, 11) is 1.57. The third kappa shape index (κ3) is 5.81. The van der Waals surface area contributed by atoms with Crippen molar-refractivity contribution in [2.45, 2.75) is 45.8 Å². The summed E-state index contributed by atoms with van der Waals surface area (Å²) in [6, 6.07) is 12.7. The van der Waals surface area contributed by atoms with Gasteiger partial charge in [-0.25, -0.2) is 4.39 Å². The van der Waals surface area contributed by atoms with Crippen molar-refractivity contribution < 1.29 is 18.7 Å². The van der Waals surface area contributed by atoms with Crippen LogP contribution >= 0.6 is 0 Å². The van der Waals surface area contributed by atoms with Crippen molar-refractivity contribution in [3.63, 3.8) is 0 Å². The molecule has 0 aliphatic heterocycles. The molecule has 0 heterocycles. The maximum atomic E-state index is 14.1. The van der Waals surface area contributed by atoms with Crippen LogP contribution < -0.4 is 10.1 Å². The first-order valence-corrected chi connectivity index (χ1v) is 9.28. The molecule has 0 bridgehead atoms. The van der Waals surface area contributed by atoms with E-state index in [4.69, 9.17) is 4.74 Å². The van der Waals surface area contributed by atoms with Gasteiger partial charge in [0.1, 0.15) is 17.6 Å². The van der Waals surface area contributed by atoms with Gasteiger partial charge in [0.15, 0.2) is 0 Å². The summed E-state index contributed by atoms with van der Waals surface area (Å²) in [6.07, 6.45) is 0.109. The quantitative estimate of drug-likeness (QED) is 0.757. The highest BCUT2D eigenvalue weighted by Crippen LogP contribution is 2.17. The zero-order chi connectivity index (χ0) is 20.7. The second-order valence-electron chi connectivity index (χ2n) is 6.98. The summed E-state index contributed by atoms with van der Waals surface area (Å²) in [4.78, 5) is 26.9. The first-order valence-electron chi connectivity index (χ1n) is 9.28. The highest BCUT2D eigenvalue weighted by atomic mass is 19.1. The lowest BCUT2D eigenvalue weighted by molar-refractivity contribution is -0.140. The van der Waals surface area contributed by atoms with Crippen molar-refractivity contribution in [1.82, 2.24) is 10.2 Å².